The van der Waals surface area contributed by atoms with E-state index in [4.69, 9.17) is 19.9 Å². The molecule has 1 saturated carbocycles. The van der Waals surface area contributed by atoms with Crippen molar-refractivity contribution in [3.8, 4) is 0 Å². The largest absolute Gasteiger partial charge is 0.465 e. The molecule has 0 amide bonds. The molecule has 0 aromatic carbocycles. The zero-order chi connectivity index (χ0) is 11.6. The first-order chi connectivity index (χ1) is 7.60. The van der Waals surface area contributed by atoms with Crippen LogP contribution < -0.4 is 5.73 Å². The first-order valence-electron chi connectivity index (χ1n) is 5.84. The molecule has 92 valence electrons. The highest BCUT2D eigenvalue weighted by Gasteiger charge is 2.48. The van der Waals surface area contributed by atoms with E-state index in [9.17, 15) is 4.79 Å². The van der Waals surface area contributed by atoms with Crippen LogP contribution in [0.1, 0.15) is 32.6 Å². The lowest BCUT2D eigenvalue weighted by Gasteiger charge is -2.39. The highest BCUT2D eigenvalue weighted by Crippen LogP contribution is 2.39. The minimum atomic E-state index is -0.851. The van der Waals surface area contributed by atoms with Crippen molar-refractivity contribution in [1.82, 2.24) is 0 Å². The van der Waals surface area contributed by atoms with E-state index in [2.05, 4.69) is 0 Å². The molecule has 1 aliphatic heterocycles. The summed E-state index contributed by atoms with van der Waals surface area (Å²) in [7, 11) is 0. The molecular weight excluding hydrogens is 210 g/mol. The van der Waals surface area contributed by atoms with Gasteiger partial charge in [0.1, 0.15) is 5.54 Å². The molecule has 0 aromatic rings. The number of esters is 1. The van der Waals surface area contributed by atoms with Crippen LogP contribution in [0.25, 0.3) is 0 Å². The maximum absolute atomic E-state index is 11.7. The zero-order valence-corrected chi connectivity index (χ0v) is 9.66. The molecular formula is C11H19NO4. The van der Waals surface area contributed by atoms with Crippen LogP contribution in [0.4, 0.5) is 0 Å². The number of ether oxygens (including phenoxy) is 3. The molecule has 5 heteroatoms. The predicted octanol–water partition coefficient (Wildman–Crippen LogP) is 0.564. The second kappa shape index (κ2) is 4.31. The van der Waals surface area contributed by atoms with Crippen molar-refractivity contribution in [2.45, 2.75) is 43.9 Å². The quantitative estimate of drug-likeness (QED) is 0.701. The third-order valence-electron chi connectivity index (χ3n) is 3.40. The second-order valence-corrected chi connectivity index (χ2v) is 4.48. The van der Waals surface area contributed by atoms with Crippen LogP contribution in [0.3, 0.4) is 0 Å². The Bertz CT molecular complexity index is 263. The lowest BCUT2D eigenvalue weighted by molar-refractivity contribution is -0.190. The van der Waals surface area contributed by atoms with Crippen LogP contribution in [-0.4, -0.2) is 37.1 Å². The summed E-state index contributed by atoms with van der Waals surface area (Å²) in [5, 5.41) is 0. The molecule has 2 rings (SSSR count). The first-order valence-corrected chi connectivity index (χ1v) is 5.84. The highest BCUT2D eigenvalue weighted by molar-refractivity contribution is 5.80. The van der Waals surface area contributed by atoms with Crippen LogP contribution in [0.2, 0.25) is 0 Å². The lowest BCUT2D eigenvalue weighted by atomic mass is 9.79. The van der Waals surface area contributed by atoms with Gasteiger partial charge in [0.25, 0.3) is 0 Å². The topological polar surface area (TPSA) is 70.8 Å². The van der Waals surface area contributed by atoms with E-state index in [0.29, 0.717) is 45.5 Å². The van der Waals surface area contributed by atoms with Gasteiger partial charge in [-0.2, -0.15) is 0 Å². The van der Waals surface area contributed by atoms with Gasteiger partial charge in [0, 0.05) is 12.8 Å². The van der Waals surface area contributed by atoms with E-state index in [0.717, 1.165) is 0 Å². The summed E-state index contributed by atoms with van der Waals surface area (Å²) in [5.74, 6) is -0.780. The molecule has 0 atom stereocenters. The monoisotopic (exact) mass is 229 g/mol. The van der Waals surface area contributed by atoms with E-state index in [1.54, 1.807) is 6.92 Å². The van der Waals surface area contributed by atoms with Crippen LogP contribution in [-0.2, 0) is 19.0 Å². The third-order valence-corrected chi connectivity index (χ3v) is 3.40. The van der Waals surface area contributed by atoms with Crippen molar-refractivity contribution in [3.05, 3.63) is 0 Å². The van der Waals surface area contributed by atoms with Crippen molar-refractivity contribution in [2.75, 3.05) is 19.8 Å². The summed E-state index contributed by atoms with van der Waals surface area (Å²) in [4.78, 5) is 11.7. The smallest absolute Gasteiger partial charge is 0.326 e. The van der Waals surface area contributed by atoms with Gasteiger partial charge in [-0.15, -0.1) is 0 Å². The molecule has 2 fully saturated rings. The number of hydrogen-bond donors (Lipinski definition) is 1. The summed E-state index contributed by atoms with van der Waals surface area (Å²) in [6.45, 7) is 3.43. The van der Waals surface area contributed by atoms with E-state index < -0.39 is 11.3 Å². The minimum absolute atomic E-state index is 0.303. The third kappa shape index (κ3) is 2.07. The van der Waals surface area contributed by atoms with E-state index in [1.165, 1.54) is 0 Å². The van der Waals surface area contributed by atoms with Crippen molar-refractivity contribution in [3.63, 3.8) is 0 Å². The lowest BCUT2D eigenvalue weighted by Crippen LogP contribution is -2.55. The van der Waals surface area contributed by atoms with Crippen LogP contribution in [0.5, 0.6) is 0 Å². The van der Waals surface area contributed by atoms with Crippen molar-refractivity contribution in [1.29, 1.82) is 0 Å². The van der Waals surface area contributed by atoms with E-state index in [-0.39, 0.29) is 5.97 Å². The molecule has 1 spiro atoms. The maximum Gasteiger partial charge on any atom is 0.326 e. The normalized spacial score (nSPS) is 26.9. The van der Waals surface area contributed by atoms with E-state index >= 15 is 0 Å². The van der Waals surface area contributed by atoms with Gasteiger partial charge >= 0.3 is 5.97 Å². The average molecular weight is 229 g/mol. The van der Waals surface area contributed by atoms with Crippen molar-refractivity contribution >= 4 is 5.97 Å². The molecule has 16 heavy (non-hydrogen) atoms. The number of rotatable bonds is 2. The van der Waals surface area contributed by atoms with Gasteiger partial charge in [-0.25, -0.2) is 0 Å². The fourth-order valence-corrected chi connectivity index (χ4v) is 2.34. The Morgan fingerprint density at radius 1 is 1.25 bits per heavy atom. The fraction of sp³-hybridized carbons (Fsp3) is 0.909. The maximum atomic E-state index is 11.7. The minimum Gasteiger partial charge on any atom is -0.465 e. The second-order valence-electron chi connectivity index (χ2n) is 4.48. The molecule has 0 radical (unpaired) electrons. The van der Waals surface area contributed by atoms with Gasteiger partial charge < -0.3 is 19.9 Å². The Morgan fingerprint density at radius 2 is 1.81 bits per heavy atom. The Hall–Kier alpha value is -0.650. The van der Waals surface area contributed by atoms with Crippen LogP contribution in [0.15, 0.2) is 0 Å². The fourth-order valence-electron chi connectivity index (χ4n) is 2.34. The molecule has 1 heterocycles. The molecule has 2 aliphatic rings. The van der Waals surface area contributed by atoms with Gasteiger partial charge in [-0.05, 0) is 19.8 Å². The molecule has 5 nitrogen and oxygen atoms in total. The molecule has 0 unspecified atom stereocenters. The molecule has 2 N–H and O–H groups in total. The van der Waals surface area contributed by atoms with Crippen LogP contribution >= 0.6 is 0 Å². The Balaban J connectivity index is 1.95. The van der Waals surface area contributed by atoms with Gasteiger partial charge in [0.05, 0.1) is 19.8 Å². The molecule has 0 aromatic heterocycles. The van der Waals surface area contributed by atoms with E-state index in [1.807, 2.05) is 0 Å². The van der Waals surface area contributed by atoms with Crippen molar-refractivity contribution < 1.29 is 19.0 Å². The number of carbonyl (C=O) groups is 1. The van der Waals surface area contributed by atoms with Gasteiger partial charge in [0.2, 0.25) is 0 Å². The van der Waals surface area contributed by atoms with Gasteiger partial charge in [-0.3, -0.25) is 4.79 Å². The predicted molar refractivity (Wildman–Crippen MR) is 56.7 cm³/mol. The standard InChI is InChI=1S/C11H19NO4/c1-2-14-9(13)10(12)3-5-11(6-4-10)15-7-8-16-11/h2-8,12H2,1H3. The molecule has 1 aliphatic carbocycles. The Kier molecular flexibility index (Phi) is 3.19. The molecule has 1 saturated heterocycles. The summed E-state index contributed by atoms with van der Waals surface area (Å²) < 4.78 is 16.2. The Labute approximate surface area is 95.2 Å². The first kappa shape index (κ1) is 11.8. The van der Waals surface area contributed by atoms with Crippen LogP contribution in [0, 0.1) is 0 Å². The average Bonchev–Trinajstić information content (AvgIpc) is 2.73. The Morgan fingerprint density at radius 3 is 2.31 bits per heavy atom. The SMILES string of the molecule is CCOC(=O)C1(N)CCC2(CC1)OCCO2. The molecule has 0 bridgehead atoms. The van der Waals surface area contributed by atoms with Gasteiger partial charge in [0.15, 0.2) is 5.79 Å². The summed E-state index contributed by atoms with van der Waals surface area (Å²) in [5.41, 5.74) is 5.20. The number of carbonyl (C=O) groups excluding carboxylic acids is 1. The van der Waals surface area contributed by atoms with Gasteiger partial charge in [-0.1, -0.05) is 0 Å². The number of nitrogens with two attached hydrogens (primary N) is 1. The highest BCUT2D eigenvalue weighted by atomic mass is 16.7. The summed E-state index contributed by atoms with van der Waals surface area (Å²) in [6.07, 6.45) is 2.46. The summed E-state index contributed by atoms with van der Waals surface area (Å²) in [6, 6.07) is 0. The van der Waals surface area contributed by atoms with Crippen molar-refractivity contribution in [2.24, 2.45) is 5.73 Å². The summed E-state index contributed by atoms with van der Waals surface area (Å²) >= 11 is 0. The zero-order valence-electron chi connectivity index (χ0n) is 9.66. The number of hydrogen-bond acceptors (Lipinski definition) is 5.